The summed E-state index contributed by atoms with van der Waals surface area (Å²) in [6.45, 7) is 1.14. The number of fused-ring (bicyclic) bond motifs is 1. The molecule has 0 radical (unpaired) electrons. The second kappa shape index (κ2) is 5.85. The summed E-state index contributed by atoms with van der Waals surface area (Å²) < 4.78 is 10.7. The predicted molar refractivity (Wildman–Crippen MR) is 77.3 cm³/mol. The van der Waals surface area contributed by atoms with Gasteiger partial charge in [-0.15, -0.1) is 0 Å². The normalized spacial score (nSPS) is 11.0. The van der Waals surface area contributed by atoms with Crippen molar-refractivity contribution in [1.82, 2.24) is 5.32 Å². The van der Waals surface area contributed by atoms with Gasteiger partial charge in [0.15, 0.2) is 0 Å². The van der Waals surface area contributed by atoms with E-state index in [4.69, 9.17) is 8.83 Å². The fourth-order valence-corrected chi connectivity index (χ4v) is 2.33. The molecule has 0 fully saturated rings. The Kier molecular flexibility index (Phi) is 3.75. The fraction of sp³-hybridized carbons (Fsp3) is 0.188. The number of aromatic carboxylic acids is 1. The number of nitrogens with one attached hydrogen (secondary N) is 1. The zero-order valence-corrected chi connectivity index (χ0v) is 11.3. The highest BCUT2D eigenvalue weighted by Gasteiger charge is 2.18. The summed E-state index contributed by atoms with van der Waals surface area (Å²) in [7, 11) is 0. The molecule has 0 aliphatic heterocycles. The van der Waals surface area contributed by atoms with Gasteiger partial charge in [0, 0.05) is 30.5 Å². The molecule has 3 aromatic rings. The smallest absolute Gasteiger partial charge is 0.372 e. The van der Waals surface area contributed by atoms with E-state index in [9.17, 15) is 9.90 Å². The molecule has 1 aromatic carbocycles. The third kappa shape index (κ3) is 2.83. The number of furan rings is 2. The molecule has 0 bridgehead atoms. The van der Waals surface area contributed by atoms with Crippen molar-refractivity contribution < 1.29 is 18.7 Å². The first kappa shape index (κ1) is 13.5. The van der Waals surface area contributed by atoms with Crippen molar-refractivity contribution in [3.63, 3.8) is 0 Å². The molecule has 21 heavy (non-hydrogen) atoms. The summed E-state index contributed by atoms with van der Waals surface area (Å²) in [6, 6.07) is 11.1. The lowest BCUT2D eigenvalue weighted by molar-refractivity contribution is 0.0663. The summed E-state index contributed by atoms with van der Waals surface area (Å²) >= 11 is 0. The van der Waals surface area contributed by atoms with Gasteiger partial charge < -0.3 is 19.3 Å². The van der Waals surface area contributed by atoms with Crippen molar-refractivity contribution >= 4 is 16.9 Å². The van der Waals surface area contributed by atoms with Crippen molar-refractivity contribution in [2.75, 3.05) is 6.54 Å². The molecule has 5 nitrogen and oxygen atoms in total. The highest BCUT2D eigenvalue weighted by molar-refractivity contribution is 5.95. The first-order valence-electron chi connectivity index (χ1n) is 6.72. The van der Waals surface area contributed by atoms with Crippen LogP contribution in [-0.4, -0.2) is 17.6 Å². The average molecular weight is 285 g/mol. The minimum atomic E-state index is -1.05. The number of rotatable bonds is 6. The Morgan fingerprint density at radius 2 is 2.05 bits per heavy atom. The number of benzene rings is 1. The standard InChI is InChI=1S/C16H15NO4/c18-16(19)15-13(12-5-1-2-6-14(12)21-15)10-17-8-7-11-4-3-9-20-11/h1-6,9,17H,7-8,10H2,(H,18,19). The quantitative estimate of drug-likeness (QED) is 0.681. The molecule has 0 saturated heterocycles. The van der Waals surface area contributed by atoms with Crippen LogP contribution in [0.25, 0.3) is 11.0 Å². The van der Waals surface area contributed by atoms with Crippen LogP contribution in [0.1, 0.15) is 21.9 Å². The van der Waals surface area contributed by atoms with Gasteiger partial charge in [0.2, 0.25) is 5.76 Å². The zero-order valence-electron chi connectivity index (χ0n) is 11.3. The van der Waals surface area contributed by atoms with Crippen molar-refractivity contribution in [3.05, 3.63) is 59.7 Å². The van der Waals surface area contributed by atoms with Gasteiger partial charge in [0.1, 0.15) is 11.3 Å². The van der Waals surface area contributed by atoms with Gasteiger partial charge >= 0.3 is 5.97 Å². The molecule has 2 heterocycles. The molecule has 0 saturated carbocycles. The lowest BCUT2D eigenvalue weighted by Gasteiger charge is -2.03. The van der Waals surface area contributed by atoms with Crippen molar-refractivity contribution in [2.24, 2.45) is 0 Å². The first-order valence-corrected chi connectivity index (χ1v) is 6.72. The lowest BCUT2D eigenvalue weighted by Crippen LogP contribution is -2.17. The maximum atomic E-state index is 11.3. The lowest BCUT2D eigenvalue weighted by atomic mass is 10.1. The molecule has 5 heteroatoms. The number of carboxylic acids is 1. The van der Waals surface area contributed by atoms with Crippen molar-refractivity contribution in [2.45, 2.75) is 13.0 Å². The SMILES string of the molecule is O=C(O)c1oc2ccccc2c1CNCCc1ccco1. The highest BCUT2D eigenvalue weighted by atomic mass is 16.4. The average Bonchev–Trinajstić information content (AvgIpc) is 3.11. The Morgan fingerprint density at radius 3 is 2.81 bits per heavy atom. The molecule has 0 aliphatic rings. The zero-order chi connectivity index (χ0) is 14.7. The van der Waals surface area contributed by atoms with E-state index >= 15 is 0 Å². The van der Waals surface area contributed by atoms with Crippen LogP contribution in [0.4, 0.5) is 0 Å². The van der Waals surface area contributed by atoms with Gasteiger partial charge in [0.05, 0.1) is 6.26 Å². The molecular formula is C16H15NO4. The Bertz CT molecular complexity index is 743. The largest absolute Gasteiger partial charge is 0.475 e. The maximum absolute atomic E-state index is 11.3. The highest BCUT2D eigenvalue weighted by Crippen LogP contribution is 2.25. The van der Waals surface area contributed by atoms with Crippen LogP contribution in [0.15, 0.2) is 51.5 Å². The molecule has 3 rings (SSSR count). The van der Waals surface area contributed by atoms with Gasteiger partial charge in [-0.3, -0.25) is 0 Å². The van der Waals surface area contributed by atoms with Crippen LogP contribution in [0.3, 0.4) is 0 Å². The third-order valence-corrected chi connectivity index (χ3v) is 3.32. The van der Waals surface area contributed by atoms with Crippen LogP contribution in [0.5, 0.6) is 0 Å². The molecule has 0 amide bonds. The number of carboxylic acid groups (broad SMARTS) is 1. The third-order valence-electron chi connectivity index (χ3n) is 3.32. The van der Waals surface area contributed by atoms with Gasteiger partial charge in [0.25, 0.3) is 0 Å². The monoisotopic (exact) mass is 285 g/mol. The van der Waals surface area contributed by atoms with Crippen LogP contribution in [-0.2, 0) is 13.0 Å². The topological polar surface area (TPSA) is 75.6 Å². The minimum Gasteiger partial charge on any atom is -0.475 e. The van der Waals surface area contributed by atoms with E-state index in [1.807, 2.05) is 30.3 Å². The second-order valence-corrected chi connectivity index (χ2v) is 4.72. The summed E-state index contributed by atoms with van der Waals surface area (Å²) in [6.07, 6.45) is 2.40. The molecule has 108 valence electrons. The van der Waals surface area contributed by atoms with E-state index in [1.165, 1.54) is 0 Å². The first-order chi connectivity index (χ1) is 10.3. The number of hydrogen-bond donors (Lipinski definition) is 2. The Balaban J connectivity index is 1.73. The van der Waals surface area contributed by atoms with Crippen LogP contribution in [0, 0.1) is 0 Å². The number of hydrogen-bond acceptors (Lipinski definition) is 4. The van der Waals surface area contributed by atoms with E-state index in [0.717, 1.165) is 17.6 Å². The second-order valence-electron chi connectivity index (χ2n) is 4.72. The maximum Gasteiger partial charge on any atom is 0.372 e. The van der Waals surface area contributed by atoms with Gasteiger partial charge in [-0.2, -0.15) is 0 Å². The Morgan fingerprint density at radius 1 is 1.19 bits per heavy atom. The van der Waals surface area contributed by atoms with E-state index in [0.29, 0.717) is 24.2 Å². The van der Waals surface area contributed by atoms with Gasteiger partial charge in [-0.05, 0) is 18.2 Å². The van der Waals surface area contributed by atoms with Crippen LogP contribution >= 0.6 is 0 Å². The van der Waals surface area contributed by atoms with E-state index in [1.54, 1.807) is 12.3 Å². The van der Waals surface area contributed by atoms with Crippen molar-refractivity contribution in [1.29, 1.82) is 0 Å². The van der Waals surface area contributed by atoms with E-state index in [-0.39, 0.29) is 5.76 Å². The predicted octanol–water partition coefficient (Wildman–Crippen LogP) is 3.06. The number of carbonyl (C=O) groups is 1. The van der Waals surface area contributed by atoms with E-state index < -0.39 is 5.97 Å². The summed E-state index contributed by atoms with van der Waals surface area (Å²) in [5, 5.41) is 13.3. The summed E-state index contributed by atoms with van der Waals surface area (Å²) in [5.41, 5.74) is 1.27. The van der Waals surface area contributed by atoms with Crippen LogP contribution < -0.4 is 5.32 Å². The fourth-order valence-electron chi connectivity index (χ4n) is 2.33. The molecule has 2 N–H and O–H groups in total. The summed E-state index contributed by atoms with van der Waals surface area (Å²) in [4.78, 5) is 11.3. The molecule has 0 spiro atoms. The molecule has 0 unspecified atom stereocenters. The Hall–Kier alpha value is -2.53. The molecule has 0 atom stereocenters. The van der Waals surface area contributed by atoms with Gasteiger partial charge in [-0.25, -0.2) is 4.79 Å². The van der Waals surface area contributed by atoms with E-state index in [2.05, 4.69) is 5.32 Å². The number of para-hydroxylation sites is 1. The van der Waals surface area contributed by atoms with Crippen LogP contribution in [0.2, 0.25) is 0 Å². The molecule has 0 aliphatic carbocycles. The van der Waals surface area contributed by atoms with Gasteiger partial charge in [-0.1, -0.05) is 18.2 Å². The molecular weight excluding hydrogens is 270 g/mol. The summed E-state index contributed by atoms with van der Waals surface area (Å²) in [5.74, 6) is -0.145. The van der Waals surface area contributed by atoms with Crippen molar-refractivity contribution in [3.8, 4) is 0 Å². The minimum absolute atomic E-state index is 0.00157. The Labute approximate surface area is 121 Å². The molecule has 2 aromatic heterocycles.